The molecule has 11 heteroatoms. The van der Waals surface area contributed by atoms with Crippen molar-refractivity contribution in [3.8, 4) is 0 Å². The molecule has 2 aromatic rings. The number of benzene rings is 2. The summed E-state index contributed by atoms with van der Waals surface area (Å²) >= 11 is 0. The van der Waals surface area contributed by atoms with Crippen molar-refractivity contribution in [3.63, 3.8) is 0 Å². The molecule has 2 N–H and O–H groups in total. The minimum Gasteiger partial charge on any atom is -0.352 e. The van der Waals surface area contributed by atoms with E-state index in [-0.39, 0.29) is 28.9 Å². The number of rotatable bonds is 6. The van der Waals surface area contributed by atoms with Crippen LogP contribution in [0.15, 0.2) is 58.4 Å². The van der Waals surface area contributed by atoms with Gasteiger partial charge in [0.25, 0.3) is 0 Å². The molecule has 6 nitrogen and oxygen atoms in total. The van der Waals surface area contributed by atoms with E-state index < -0.39 is 21.8 Å². The Morgan fingerprint density at radius 1 is 0.933 bits per heavy atom. The zero-order valence-electron chi connectivity index (χ0n) is 16.7. The number of aliphatic imine (C=N–C) groups is 1. The fourth-order valence-corrected chi connectivity index (χ4v) is 3.30. The van der Waals surface area contributed by atoms with Crippen molar-refractivity contribution >= 4 is 40.0 Å². The summed E-state index contributed by atoms with van der Waals surface area (Å²) in [4.78, 5) is 4.27. The first kappa shape index (κ1) is 26.2. The van der Waals surface area contributed by atoms with E-state index in [0.29, 0.717) is 24.6 Å². The summed E-state index contributed by atoms with van der Waals surface area (Å²) in [7, 11) is 1.04. The summed E-state index contributed by atoms with van der Waals surface area (Å²) in [5.74, 6) is 0.467. The minimum absolute atomic E-state index is 0. The molecule has 0 atom stereocenters. The van der Waals surface area contributed by atoms with Gasteiger partial charge in [-0.3, -0.25) is 4.99 Å². The molecular formula is C19H24F3IN4O2S. The van der Waals surface area contributed by atoms with Gasteiger partial charge in [0.15, 0.2) is 5.96 Å². The molecule has 0 saturated carbocycles. The Hall–Kier alpha value is -1.86. The summed E-state index contributed by atoms with van der Waals surface area (Å²) < 4.78 is 63.1. The van der Waals surface area contributed by atoms with Gasteiger partial charge in [-0.15, -0.1) is 24.0 Å². The monoisotopic (exact) mass is 556 g/mol. The maximum atomic E-state index is 12.6. The SMILES string of the molecule is CN=C(NCc1ccc(C(F)(F)F)cc1)NCc1ccc(S(=O)(=O)N(C)C)cc1.I. The van der Waals surface area contributed by atoms with Crippen LogP contribution in [0.2, 0.25) is 0 Å². The van der Waals surface area contributed by atoms with Crippen molar-refractivity contribution in [1.82, 2.24) is 14.9 Å². The second-order valence-electron chi connectivity index (χ2n) is 6.41. The van der Waals surface area contributed by atoms with E-state index in [4.69, 9.17) is 0 Å². The van der Waals surface area contributed by atoms with E-state index in [0.717, 1.165) is 22.0 Å². The molecule has 0 fully saturated rings. The third-order valence-corrected chi connectivity index (χ3v) is 5.96. The molecule has 0 heterocycles. The summed E-state index contributed by atoms with van der Waals surface area (Å²) in [6, 6.07) is 11.4. The van der Waals surface area contributed by atoms with Gasteiger partial charge in [-0.1, -0.05) is 24.3 Å². The van der Waals surface area contributed by atoms with E-state index in [1.807, 2.05) is 0 Å². The molecule has 166 valence electrons. The smallest absolute Gasteiger partial charge is 0.352 e. The molecule has 0 aliphatic rings. The molecule has 2 aromatic carbocycles. The van der Waals surface area contributed by atoms with Gasteiger partial charge in [-0.25, -0.2) is 12.7 Å². The summed E-state index contributed by atoms with van der Waals surface area (Å²) in [6.07, 6.45) is -4.36. The zero-order chi connectivity index (χ0) is 21.7. The predicted molar refractivity (Wildman–Crippen MR) is 121 cm³/mol. The highest BCUT2D eigenvalue weighted by Crippen LogP contribution is 2.29. The van der Waals surface area contributed by atoms with Crippen molar-refractivity contribution in [1.29, 1.82) is 0 Å². The largest absolute Gasteiger partial charge is 0.416 e. The lowest BCUT2D eigenvalue weighted by Gasteiger charge is -2.14. The van der Waals surface area contributed by atoms with Crippen molar-refractivity contribution in [3.05, 3.63) is 65.2 Å². The fourth-order valence-electron chi connectivity index (χ4n) is 2.39. The Balaban J connectivity index is 0.00000450. The van der Waals surface area contributed by atoms with Crippen LogP contribution in [-0.2, 0) is 29.3 Å². The molecule has 0 unspecified atom stereocenters. The van der Waals surface area contributed by atoms with Crippen LogP contribution < -0.4 is 10.6 Å². The number of nitrogens with one attached hydrogen (secondary N) is 2. The predicted octanol–water partition coefficient (Wildman–Crippen LogP) is 3.44. The lowest BCUT2D eigenvalue weighted by atomic mass is 10.1. The second kappa shape index (κ2) is 11.0. The van der Waals surface area contributed by atoms with Crippen molar-refractivity contribution in [2.75, 3.05) is 21.1 Å². The van der Waals surface area contributed by atoms with Crippen LogP contribution in [0.25, 0.3) is 0 Å². The van der Waals surface area contributed by atoms with Crippen LogP contribution in [0.4, 0.5) is 13.2 Å². The van der Waals surface area contributed by atoms with Crippen LogP contribution in [0.1, 0.15) is 16.7 Å². The quantitative estimate of drug-likeness (QED) is 0.325. The molecule has 0 radical (unpaired) electrons. The lowest BCUT2D eigenvalue weighted by molar-refractivity contribution is -0.137. The second-order valence-corrected chi connectivity index (χ2v) is 8.56. The lowest BCUT2D eigenvalue weighted by Crippen LogP contribution is -2.36. The Morgan fingerprint density at radius 2 is 1.37 bits per heavy atom. The maximum Gasteiger partial charge on any atom is 0.416 e. The van der Waals surface area contributed by atoms with E-state index in [9.17, 15) is 21.6 Å². The molecule has 0 aliphatic heterocycles. The average Bonchev–Trinajstić information content (AvgIpc) is 2.68. The summed E-state index contributed by atoms with van der Waals surface area (Å²) in [5, 5.41) is 6.09. The van der Waals surface area contributed by atoms with E-state index >= 15 is 0 Å². The van der Waals surface area contributed by atoms with Crippen LogP contribution in [-0.4, -0.2) is 39.8 Å². The van der Waals surface area contributed by atoms with Gasteiger partial charge in [-0.05, 0) is 35.4 Å². The van der Waals surface area contributed by atoms with Gasteiger partial charge in [-0.2, -0.15) is 13.2 Å². The van der Waals surface area contributed by atoms with E-state index in [1.165, 1.54) is 38.4 Å². The normalized spacial score (nSPS) is 12.4. The molecule has 2 rings (SSSR count). The van der Waals surface area contributed by atoms with Gasteiger partial charge < -0.3 is 10.6 Å². The fraction of sp³-hybridized carbons (Fsp3) is 0.316. The first-order chi connectivity index (χ1) is 13.5. The van der Waals surface area contributed by atoms with Crippen LogP contribution in [0.5, 0.6) is 0 Å². The van der Waals surface area contributed by atoms with Gasteiger partial charge >= 0.3 is 6.18 Å². The number of sulfonamides is 1. The Labute approximate surface area is 191 Å². The molecule has 30 heavy (non-hydrogen) atoms. The van der Waals surface area contributed by atoms with Crippen molar-refractivity contribution in [2.24, 2.45) is 4.99 Å². The average molecular weight is 556 g/mol. The minimum atomic E-state index is -4.36. The third kappa shape index (κ3) is 7.13. The molecule has 0 spiro atoms. The van der Waals surface area contributed by atoms with Crippen molar-refractivity contribution < 1.29 is 21.6 Å². The van der Waals surface area contributed by atoms with Crippen LogP contribution >= 0.6 is 24.0 Å². The van der Waals surface area contributed by atoms with Gasteiger partial charge in [0.2, 0.25) is 10.0 Å². The van der Waals surface area contributed by atoms with Gasteiger partial charge in [0.05, 0.1) is 10.5 Å². The zero-order valence-corrected chi connectivity index (χ0v) is 19.8. The standard InChI is InChI=1S/C19H23F3N4O2S.HI/c1-23-18(24-12-14-4-8-16(9-5-14)19(20,21)22)25-13-15-6-10-17(11-7-15)29(27,28)26(2)3;/h4-11H,12-13H2,1-3H3,(H2,23,24,25);1H. The van der Waals surface area contributed by atoms with E-state index in [2.05, 4.69) is 15.6 Å². The number of halogens is 4. The first-order valence-electron chi connectivity index (χ1n) is 8.66. The topological polar surface area (TPSA) is 73.8 Å². The number of guanidine groups is 1. The van der Waals surface area contributed by atoms with Gasteiger partial charge in [0, 0.05) is 34.2 Å². The molecular weight excluding hydrogens is 532 g/mol. The number of alkyl halides is 3. The van der Waals surface area contributed by atoms with Crippen LogP contribution in [0.3, 0.4) is 0 Å². The summed E-state index contributed by atoms with van der Waals surface area (Å²) in [6.45, 7) is 0.701. The molecule has 0 saturated heterocycles. The highest BCUT2D eigenvalue weighted by atomic mass is 127. The Morgan fingerprint density at radius 3 is 1.73 bits per heavy atom. The third-order valence-electron chi connectivity index (χ3n) is 4.13. The van der Waals surface area contributed by atoms with E-state index in [1.54, 1.807) is 19.2 Å². The number of hydrogen-bond acceptors (Lipinski definition) is 3. The Bertz CT molecular complexity index is 945. The number of nitrogens with zero attached hydrogens (tertiary/aromatic N) is 2. The van der Waals surface area contributed by atoms with Crippen molar-refractivity contribution in [2.45, 2.75) is 24.2 Å². The van der Waals surface area contributed by atoms with Crippen LogP contribution in [0, 0.1) is 0 Å². The van der Waals surface area contributed by atoms with Gasteiger partial charge in [0.1, 0.15) is 0 Å². The molecule has 0 aliphatic carbocycles. The molecule has 0 aromatic heterocycles. The number of hydrogen-bond donors (Lipinski definition) is 2. The first-order valence-corrected chi connectivity index (χ1v) is 10.1. The summed E-state index contributed by atoms with van der Waals surface area (Å²) in [5.41, 5.74) is 0.836. The highest BCUT2D eigenvalue weighted by molar-refractivity contribution is 14.0. The molecule has 0 amide bonds. The Kier molecular flexibility index (Phi) is 9.56. The maximum absolute atomic E-state index is 12.6. The highest BCUT2D eigenvalue weighted by Gasteiger charge is 2.29. The molecule has 0 bridgehead atoms.